The molecule has 4 heterocycles. The standard InChI is InChI=1S/C22H20N6O2/c1-30-22(29)17-11-15-14-9-5-6-10-16(14)23-19(15)18-12-27-21(24-25-26-27)20(28(17)18)13-7-3-2-4-8-13/h2-10,17-18,20,23H,11-12H2,1H3. The van der Waals surface area contributed by atoms with E-state index in [1.807, 2.05) is 35.0 Å². The number of para-hydroxylation sites is 1. The summed E-state index contributed by atoms with van der Waals surface area (Å²) in [6.45, 7) is 0.568. The van der Waals surface area contributed by atoms with E-state index in [-0.39, 0.29) is 18.1 Å². The first-order valence-corrected chi connectivity index (χ1v) is 10.0. The number of fused-ring (bicyclic) bond motifs is 6. The van der Waals surface area contributed by atoms with Gasteiger partial charge in [0.15, 0.2) is 5.82 Å². The third-order valence-electron chi connectivity index (χ3n) is 6.33. The van der Waals surface area contributed by atoms with E-state index in [1.165, 1.54) is 12.7 Å². The third kappa shape index (κ3) is 2.37. The van der Waals surface area contributed by atoms with Crippen LogP contribution in [0.1, 0.15) is 34.7 Å². The van der Waals surface area contributed by atoms with Gasteiger partial charge in [0.25, 0.3) is 0 Å². The van der Waals surface area contributed by atoms with E-state index in [2.05, 4.69) is 49.7 Å². The van der Waals surface area contributed by atoms with Crippen molar-refractivity contribution in [2.45, 2.75) is 31.1 Å². The van der Waals surface area contributed by atoms with Crippen molar-refractivity contribution >= 4 is 16.9 Å². The van der Waals surface area contributed by atoms with Crippen molar-refractivity contribution in [2.75, 3.05) is 7.11 Å². The number of hydrogen-bond acceptors (Lipinski definition) is 6. The van der Waals surface area contributed by atoms with E-state index < -0.39 is 6.04 Å². The van der Waals surface area contributed by atoms with Crippen LogP contribution in [0.2, 0.25) is 0 Å². The Bertz CT molecular complexity index is 1250. The lowest BCUT2D eigenvalue weighted by Gasteiger charge is -2.47. The SMILES string of the molecule is COC(=O)C1Cc2c([nH]c3ccccc23)C2Cn3nnnc3C(c3ccccc3)N12. The Morgan fingerprint density at radius 2 is 1.93 bits per heavy atom. The van der Waals surface area contributed by atoms with Crippen LogP contribution in [0.25, 0.3) is 10.9 Å². The first kappa shape index (κ1) is 17.3. The second-order valence-electron chi connectivity index (χ2n) is 7.80. The van der Waals surface area contributed by atoms with E-state index in [9.17, 15) is 4.79 Å². The minimum absolute atomic E-state index is 0.0774. The summed E-state index contributed by atoms with van der Waals surface area (Å²) in [4.78, 5) is 18.8. The fraction of sp³-hybridized carbons (Fsp3) is 0.273. The van der Waals surface area contributed by atoms with Crippen LogP contribution in [0.4, 0.5) is 0 Å². The van der Waals surface area contributed by atoms with Gasteiger partial charge in [-0.25, -0.2) is 4.68 Å². The summed E-state index contributed by atoms with van der Waals surface area (Å²) in [5.74, 6) is 0.503. The molecule has 6 rings (SSSR count). The number of nitrogens with zero attached hydrogens (tertiary/aromatic N) is 5. The van der Waals surface area contributed by atoms with Crippen molar-refractivity contribution in [3.05, 3.63) is 77.2 Å². The van der Waals surface area contributed by atoms with E-state index in [4.69, 9.17) is 4.74 Å². The van der Waals surface area contributed by atoms with E-state index in [0.29, 0.717) is 13.0 Å². The zero-order valence-electron chi connectivity index (χ0n) is 16.4. The van der Waals surface area contributed by atoms with Crippen molar-refractivity contribution in [2.24, 2.45) is 0 Å². The average molecular weight is 400 g/mol. The van der Waals surface area contributed by atoms with Crippen molar-refractivity contribution in [1.29, 1.82) is 0 Å². The van der Waals surface area contributed by atoms with Gasteiger partial charge in [-0.05, 0) is 27.6 Å². The Morgan fingerprint density at radius 3 is 2.77 bits per heavy atom. The predicted octanol–water partition coefficient (Wildman–Crippen LogP) is 2.40. The lowest BCUT2D eigenvalue weighted by molar-refractivity contribution is -0.150. The lowest BCUT2D eigenvalue weighted by atomic mass is 9.86. The van der Waals surface area contributed by atoms with E-state index in [1.54, 1.807) is 0 Å². The zero-order chi connectivity index (χ0) is 20.2. The highest BCUT2D eigenvalue weighted by Crippen LogP contribution is 2.46. The van der Waals surface area contributed by atoms with Gasteiger partial charge < -0.3 is 9.72 Å². The Morgan fingerprint density at radius 1 is 1.13 bits per heavy atom. The number of hydrogen-bond donors (Lipinski definition) is 1. The van der Waals surface area contributed by atoms with Gasteiger partial charge in [-0.2, -0.15) is 0 Å². The summed E-state index contributed by atoms with van der Waals surface area (Å²) in [6.07, 6.45) is 0.577. The minimum Gasteiger partial charge on any atom is -0.468 e. The molecular weight excluding hydrogens is 380 g/mol. The fourth-order valence-corrected chi connectivity index (χ4v) is 5.07. The Labute approximate surface area is 172 Å². The molecule has 2 aliphatic rings. The predicted molar refractivity (Wildman–Crippen MR) is 108 cm³/mol. The summed E-state index contributed by atoms with van der Waals surface area (Å²) in [6, 6.07) is 17.6. The number of tetrazole rings is 1. The quantitative estimate of drug-likeness (QED) is 0.520. The molecule has 150 valence electrons. The lowest BCUT2D eigenvalue weighted by Crippen LogP contribution is -2.54. The topological polar surface area (TPSA) is 88.9 Å². The van der Waals surface area contributed by atoms with Crippen LogP contribution in [0.15, 0.2) is 54.6 Å². The number of H-pyrrole nitrogens is 1. The molecule has 3 unspecified atom stereocenters. The van der Waals surface area contributed by atoms with Crippen LogP contribution in [-0.4, -0.2) is 49.2 Å². The normalized spacial score (nSPS) is 22.9. The minimum atomic E-state index is -0.428. The van der Waals surface area contributed by atoms with E-state index >= 15 is 0 Å². The zero-order valence-corrected chi connectivity index (χ0v) is 16.4. The molecule has 3 atom stereocenters. The monoisotopic (exact) mass is 400 g/mol. The smallest absolute Gasteiger partial charge is 0.323 e. The molecule has 2 aliphatic heterocycles. The van der Waals surface area contributed by atoms with Crippen molar-refractivity contribution < 1.29 is 9.53 Å². The first-order valence-electron chi connectivity index (χ1n) is 10.0. The van der Waals surface area contributed by atoms with Crippen LogP contribution in [0, 0.1) is 0 Å². The average Bonchev–Trinajstić information content (AvgIpc) is 3.41. The summed E-state index contributed by atoms with van der Waals surface area (Å²) < 4.78 is 7.10. The van der Waals surface area contributed by atoms with Gasteiger partial charge in [-0.15, -0.1) is 5.10 Å². The molecule has 0 saturated heterocycles. The summed E-state index contributed by atoms with van der Waals surface area (Å²) in [5.41, 5.74) is 4.42. The number of carbonyl (C=O) groups is 1. The second kappa shape index (κ2) is 6.50. The Hall–Kier alpha value is -3.52. The highest BCUT2D eigenvalue weighted by Gasteiger charge is 2.49. The first-order chi connectivity index (χ1) is 14.8. The van der Waals surface area contributed by atoms with Gasteiger partial charge in [0.2, 0.25) is 0 Å². The summed E-state index contributed by atoms with van der Waals surface area (Å²) >= 11 is 0. The molecule has 4 aromatic rings. The molecule has 0 aliphatic carbocycles. The van der Waals surface area contributed by atoms with Crippen LogP contribution >= 0.6 is 0 Å². The molecule has 0 fully saturated rings. The number of benzene rings is 2. The number of carbonyl (C=O) groups excluding carboxylic acids is 1. The number of aromatic nitrogens is 5. The number of ether oxygens (including phenoxy) is 1. The largest absolute Gasteiger partial charge is 0.468 e. The highest BCUT2D eigenvalue weighted by atomic mass is 16.5. The Balaban J connectivity index is 1.60. The van der Waals surface area contributed by atoms with Crippen LogP contribution in [0.3, 0.4) is 0 Å². The second-order valence-corrected chi connectivity index (χ2v) is 7.80. The summed E-state index contributed by atoms with van der Waals surface area (Å²) in [7, 11) is 1.45. The number of rotatable bonds is 2. The van der Waals surface area contributed by atoms with Crippen molar-refractivity contribution in [3.8, 4) is 0 Å². The Kier molecular flexibility index (Phi) is 3.76. The van der Waals surface area contributed by atoms with E-state index in [0.717, 1.165) is 28.0 Å². The summed E-state index contributed by atoms with van der Waals surface area (Å²) in [5, 5.41) is 13.6. The van der Waals surface area contributed by atoms with Crippen molar-refractivity contribution in [3.63, 3.8) is 0 Å². The third-order valence-corrected chi connectivity index (χ3v) is 6.33. The number of nitrogens with one attached hydrogen (secondary N) is 1. The van der Waals surface area contributed by atoms with Crippen LogP contribution < -0.4 is 0 Å². The molecule has 30 heavy (non-hydrogen) atoms. The molecule has 1 N–H and O–H groups in total. The molecule has 8 heteroatoms. The van der Waals surface area contributed by atoms with Gasteiger partial charge in [-0.3, -0.25) is 9.69 Å². The molecule has 0 saturated carbocycles. The maximum absolute atomic E-state index is 13.0. The molecule has 0 spiro atoms. The maximum Gasteiger partial charge on any atom is 0.323 e. The van der Waals surface area contributed by atoms with Gasteiger partial charge in [0.1, 0.15) is 6.04 Å². The number of methoxy groups -OCH3 is 1. The van der Waals surface area contributed by atoms with Gasteiger partial charge >= 0.3 is 5.97 Å². The maximum atomic E-state index is 13.0. The van der Waals surface area contributed by atoms with Gasteiger partial charge in [0.05, 0.1) is 25.7 Å². The van der Waals surface area contributed by atoms with Gasteiger partial charge in [0, 0.05) is 23.0 Å². The van der Waals surface area contributed by atoms with Crippen LogP contribution in [0.5, 0.6) is 0 Å². The van der Waals surface area contributed by atoms with Crippen LogP contribution in [-0.2, 0) is 22.5 Å². The molecule has 0 amide bonds. The molecule has 0 radical (unpaired) electrons. The highest BCUT2D eigenvalue weighted by molar-refractivity contribution is 5.87. The number of esters is 1. The molecular formula is C22H20N6O2. The molecule has 0 bridgehead atoms. The molecule has 8 nitrogen and oxygen atoms in total. The van der Waals surface area contributed by atoms with Crippen molar-refractivity contribution in [1.82, 2.24) is 30.1 Å². The van der Waals surface area contributed by atoms with Gasteiger partial charge in [-0.1, -0.05) is 48.5 Å². The fourth-order valence-electron chi connectivity index (χ4n) is 5.07. The number of aromatic amines is 1. The molecule has 2 aromatic heterocycles. The molecule has 2 aromatic carbocycles.